The molecule has 0 saturated carbocycles. The Morgan fingerprint density at radius 3 is 2.89 bits per heavy atom. The Hall–Kier alpha value is -1.88. The minimum Gasteiger partial charge on any atom is -0.465 e. The number of ether oxygens (including phenoxy) is 1. The Balaban J connectivity index is 2.71. The number of hydrogen-bond donors (Lipinski definition) is 1. The molecule has 2 aromatic rings. The van der Waals surface area contributed by atoms with E-state index in [2.05, 4.69) is 4.74 Å². The molecular formula is C13H13FO4. The number of methoxy groups -OCH3 is 1. The van der Waals surface area contributed by atoms with Crippen molar-refractivity contribution < 1.29 is 23.4 Å². The molecule has 1 aromatic heterocycles. The summed E-state index contributed by atoms with van der Waals surface area (Å²) in [5.41, 5.74) is -0.996. The molecule has 1 unspecified atom stereocenters. The summed E-state index contributed by atoms with van der Waals surface area (Å²) in [5.74, 6) is -0.623. The van der Waals surface area contributed by atoms with Gasteiger partial charge in [0.25, 0.3) is 0 Å². The Bertz CT molecular complexity index is 586. The van der Waals surface area contributed by atoms with E-state index in [4.69, 9.17) is 4.42 Å². The first-order valence-corrected chi connectivity index (χ1v) is 5.38. The number of alkyl halides is 1. The maximum Gasteiger partial charge on any atom is 0.338 e. The van der Waals surface area contributed by atoms with Crippen molar-refractivity contribution in [2.45, 2.75) is 12.5 Å². The predicted molar refractivity (Wildman–Crippen MR) is 63.1 cm³/mol. The monoisotopic (exact) mass is 252 g/mol. The summed E-state index contributed by atoms with van der Waals surface area (Å²) < 4.78 is 22.7. The van der Waals surface area contributed by atoms with Crippen molar-refractivity contribution in [2.75, 3.05) is 13.8 Å². The number of aliphatic hydroxyl groups is 1. The summed E-state index contributed by atoms with van der Waals surface area (Å²) >= 11 is 0. The third-order valence-corrected chi connectivity index (χ3v) is 2.84. The topological polar surface area (TPSA) is 59.7 Å². The quantitative estimate of drug-likeness (QED) is 0.852. The Morgan fingerprint density at radius 1 is 1.56 bits per heavy atom. The second-order valence-corrected chi connectivity index (χ2v) is 4.26. The molecular weight excluding hydrogens is 239 g/mol. The standard InChI is InChI=1S/C13H13FO4/c1-13(16,7-14)10-6-11-8(3-4-18-11)5-9(10)12(15)17-2/h3-6,16H,7H2,1-2H3. The lowest BCUT2D eigenvalue weighted by molar-refractivity contribution is 0.0271. The number of halogens is 1. The molecule has 0 aliphatic heterocycles. The van der Waals surface area contributed by atoms with Gasteiger partial charge in [-0.2, -0.15) is 0 Å². The summed E-state index contributed by atoms with van der Waals surface area (Å²) in [7, 11) is 1.23. The van der Waals surface area contributed by atoms with Gasteiger partial charge in [-0.05, 0) is 25.1 Å². The molecule has 0 fully saturated rings. The van der Waals surface area contributed by atoms with Gasteiger partial charge in [0.05, 0.1) is 18.9 Å². The summed E-state index contributed by atoms with van der Waals surface area (Å²) in [6.07, 6.45) is 1.46. The van der Waals surface area contributed by atoms with Gasteiger partial charge >= 0.3 is 5.97 Å². The van der Waals surface area contributed by atoms with Gasteiger partial charge in [-0.3, -0.25) is 0 Å². The highest BCUT2D eigenvalue weighted by atomic mass is 19.1. The normalized spacial score (nSPS) is 14.4. The molecule has 1 heterocycles. The van der Waals surface area contributed by atoms with Crippen LogP contribution in [0.4, 0.5) is 4.39 Å². The van der Waals surface area contributed by atoms with E-state index in [1.54, 1.807) is 6.07 Å². The maximum atomic E-state index is 12.9. The molecule has 2 rings (SSSR count). The molecule has 1 N–H and O–H groups in total. The molecule has 5 heteroatoms. The highest BCUT2D eigenvalue weighted by molar-refractivity contribution is 5.96. The molecule has 0 aliphatic carbocycles. The average Bonchev–Trinajstić information content (AvgIpc) is 2.83. The molecule has 18 heavy (non-hydrogen) atoms. The molecule has 1 atom stereocenters. The molecule has 0 saturated heterocycles. The van der Waals surface area contributed by atoms with Crippen LogP contribution in [0.3, 0.4) is 0 Å². The van der Waals surface area contributed by atoms with Crippen molar-refractivity contribution in [2.24, 2.45) is 0 Å². The number of fused-ring (bicyclic) bond motifs is 1. The second-order valence-electron chi connectivity index (χ2n) is 4.26. The van der Waals surface area contributed by atoms with Crippen LogP contribution in [0.5, 0.6) is 0 Å². The van der Waals surface area contributed by atoms with Crippen LogP contribution in [0.2, 0.25) is 0 Å². The minimum absolute atomic E-state index is 0.133. The van der Waals surface area contributed by atoms with Gasteiger partial charge in [0.2, 0.25) is 0 Å². The summed E-state index contributed by atoms with van der Waals surface area (Å²) in [6, 6.07) is 4.65. The molecule has 0 spiro atoms. The minimum atomic E-state index is -1.76. The van der Waals surface area contributed by atoms with Gasteiger partial charge in [-0.15, -0.1) is 0 Å². The summed E-state index contributed by atoms with van der Waals surface area (Å²) in [4.78, 5) is 11.7. The number of carbonyl (C=O) groups is 1. The fourth-order valence-corrected chi connectivity index (χ4v) is 1.81. The molecule has 96 valence electrons. The van der Waals surface area contributed by atoms with E-state index >= 15 is 0 Å². The molecule has 0 amide bonds. The zero-order valence-electron chi connectivity index (χ0n) is 10.1. The van der Waals surface area contributed by atoms with E-state index in [-0.39, 0.29) is 11.1 Å². The van der Waals surface area contributed by atoms with Crippen molar-refractivity contribution in [1.82, 2.24) is 0 Å². The first-order valence-electron chi connectivity index (χ1n) is 5.38. The van der Waals surface area contributed by atoms with Crippen LogP contribution in [-0.2, 0) is 10.3 Å². The molecule has 1 aromatic carbocycles. The van der Waals surface area contributed by atoms with Gasteiger partial charge in [-0.25, -0.2) is 9.18 Å². The third-order valence-electron chi connectivity index (χ3n) is 2.84. The van der Waals surface area contributed by atoms with E-state index in [1.165, 1.54) is 32.4 Å². The van der Waals surface area contributed by atoms with Gasteiger partial charge in [0.15, 0.2) is 0 Å². The van der Waals surface area contributed by atoms with Crippen molar-refractivity contribution in [3.8, 4) is 0 Å². The Morgan fingerprint density at radius 2 is 2.28 bits per heavy atom. The van der Waals surface area contributed by atoms with E-state index < -0.39 is 18.2 Å². The number of benzene rings is 1. The van der Waals surface area contributed by atoms with Gasteiger partial charge in [-0.1, -0.05) is 0 Å². The van der Waals surface area contributed by atoms with E-state index in [0.29, 0.717) is 11.0 Å². The zero-order chi connectivity index (χ0) is 13.3. The van der Waals surface area contributed by atoms with Crippen LogP contribution in [-0.4, -0.2) is 24.9 Å². The van der Waals surface area contributed by atoms with Crippen molar-refractivity contribution >= 4 is 16.9 Å². The van der Waals surface area contributed by atoms with Crippen LogP contribution in [0.25, 0.3) is 11.0 Å². The van der Waals surface area contributed by atoms with Crippen LogP contribution < -0.4 is 0 Å². The van der Waals surface area contributed by atoms with Gasteiger partial charge < -0.3 is 14.3 Å². The highest BCUT2D eigenvalue weighted by Gasteiger charge is 2.29. The number of hydrogen-bond acceptors (Lipinski definition) is 4. The van der Waals surface area contributed by atoms with Crippen LogP contribution in [0.1, 0.15) is 22.8 Å². The first kappa shape index (κ1) is 12.6. The lowest BCUT2D eigenvalue weighted by Crippen LogP contribution is -2.26. The molecule has 0 bridgehead atoms. The molecule has 0 radical (unpaired) electrons. The molecule has 0 aliphatic rings. The fraction of sp³-hybridized carbons (Fsp3) is 0.308. The molecule has 4 nitrogen and oxygen atoms in total. The highest BCUT2D eigenvalue weighted by Crippen LogP contribution is 2.30. The Labute approximate surface area is 103 Å². The largest absolute Gasteiger partial charge is 0.465 e. The Kier molecular flexibility index (Phi) is 3.09. The summed E-state index contributed by atoms with van der Waals surface area (Å²) in [6.45, 7) is 0.284. The van der Waals surface area contributed by atoms with Gasteiger partial charge in [0, 0.05) is 10.9 Å². The van der Waals surface area contributed by atoms with Gasteiger partial charge in [0.1, 0.15) is 17.9 Å². The van der Waals surface area contributed by atoms with Crippen molar-refractivity contribution in [3.63, 3.8) is 0 Å². The average molecular weight is 252 g/mol. The van der Waals surface area contributed by atoms with Crippen LogP contribution >= 0.6 is 0 Å². The smallest absolute Gasteiger partial charge is 0.338 e. The fourth-order valence-electron chi connectivity index (χ4n) is 1.81. The lowest BCUT2D eigenvalue weighted by atomic mass is 9.91. The predicted octanol–water partition coefficient (Wildman–Crippen LogP) is 2.40. The lowest BCUT2D eigenvalue weighted by Gasteiger charge is -2.22. The van der Waals surface area contributed by atoms with Crippen molar-refractivity contribution in [1.29, 1.82) is 0 Å². The SMILES string of the molecule is COC(=O)c1cc2ccoc2cc1C(C)(O)CF. The first-order chi connectivity index (χ1) is 8.49. The van der Waals surface area contributed by atoms with Crippen molar-refractivity contribution in [3.05, 3.63) is 35.6 Å². The number of esters is 1. The third kappa shape index (κ3) is 1.97. The van der Waals surface area contributed by atoms with Crippen LogP contribution in [0, 0.1) is 0 Å². The maximum absolute atomic E-state index is 12.9. The van der Waals surface area contributed by atoms with E-state index in [0.717, 1.165) is 0 Å². The number of rotatable bonds is 3. The number of furan rings is 1. The summed E-state index contributed by atoms with van der Waals surface area (Å²) in [5, 5.41) is 10.7. The number of carbonyl (C=O) groups excluding carboxylic acids is 1. The zero-order valence-corrected chi connectivity index (χ0v) is 10.1. The van der Waals surface area contributed by atoms with Crippen LogP contribution in [0.15, 0.2) is 28.9 Å². The second kappa shape index (κ2) is 4.42. The van der Waals surface area contributed by atoms with E-state index in [9.17, 15) is 14.3 Å². The van der Waals surface area contributed by atoms with E-state index in [1.807, 2.05) is 0 Å².